The molecule has 0 bridgehead atoms. The van der Waals surface area contributed by atoms with Crippen molar-refractivity contribution >= 4 is 55.8 Å². The highest BCUT2D eigenvalue weighted by Crippen LogP contribution is 2.28. The largest absolute Gasteiger partial charge is 0.468 e. The summed E-state index contributed by atoms with van der Waals surface area (Å²) in [4.78, 5) is 24.1. The monoisotopic (exact) mass is 522 g/mol. The molecule has 34 heavy (non-hydrogen) atoms. The maximum atomic E-state index is 12.8. The first kappa shape index (κ1) is 25.5. The molecule has 0 aliphatic carbocycles. The van der Waals surface area contributed by atoms with E-state index in [2.05, 4.69) is 20.3 Å². The van der Waals surface area contributed by atoms with Crippen LogP contribution in [-0.4, -0.2) is 55.7 Å². The quantitative estimate of drug-likeness (QED) is 0.242. The molecule has 10 nitrogen and oxygen atoms in total. The lowest BCUT2D eigenvalue weighted by Gasteiger charge is -2.28. The van der Waals surface area contributed by atoms with Crippen molar-refractivity contribution in [1.29, 1.82) is 0 Å². The van der Waals surface area contributed by atoms with Gasteiger partial charge < -0.3 is 9.47 Å². The molecular formula is C21H22N4O6S3. The number of carbonyl (C=O) groups excluding carboxylic acids is 2. The Balaban J connectivity index is 1.71. The first-order chi connectivity index (χ1) is 16.2. The van der Waals surface area contributed by atoms with Crippen molar-refractivity contribution in [3.8, 4) is 11.5 Å². The van der Waals surface area contributed by atoms with Gasteiger partial charge in [0.25, 0.3) is 0 Å². The summed E-state index contributed by atoms with van der Waals surface area (Å²) in [5.41, 5.74) is 0.303. The number of esters is 1. The number of ether oxygens (including phenoxy) is 2. The maximum Gasteiger partial charge on any atom is 0.316 e. The van der Waals surface area contributed by atoms with Crippen LogP contribution < -0.4 is 14.4 Å². The molecule has 2 aromatic carbocycles. The van der Waals surface area contributed by atoms with Gasteiger partial charge in [0.2, 0.25) is 21.1 Å². The highest BCUT2D eigenvalue weighted by atomic mass is 32.2. The van der Waals surface area contributed by atoms with Crippen molar-refractivity contribution in [3.05, 3.63) is 54.6 Å². The van der Waals surface area contributed by atoms with E-state index in [0.717, 1.165) is 33.7 Å². The van der Waals surface area contributed by atoms with Gasteiger partial charge in [-0.25, -0.2) is 8.42 Å². The third-order valence-electron chi connectivity index (χ3n) is 4.34. The van der Waals surface area contributed by atoms with Gasteiger partial charge >= 0.3 is 5.97 Å². The van der Waals surface area contributed by atoms with Gasteiger partial charge in [-0.2, -0.15) is 0 Å². The Kier molecular flexibility index (Phi) is 8.47. The van der Waals surface area contributed by atoms with Crippen molar-refractivity contribution < 1.29 is 27.5 Å². The number of thioether (sulfide) groups is 1. The Bertz CT molecular complexity index is 1230. The molecule has 1 amide bonds. The van der Waals surface area contributed by atoms with Crippen LogP contribution in [-0.2, 0) is 24.3 Å². The van der Waals surface area contributed by atoms with E-state index in [-0.39, 0.29) is 10.9 Å². The summed E-state index contributed by atoms with van der Waals surface area (Å²) in [5.74, 6) is 0.219. The molecule has 3 aromatic rings. The zero-order valence-electron chi connectivity index (χ0n) is 18.5. The summed E-state index contributed by atoms with van der Waals surface area (Å²) in [5, 5.41) is 10.5. The smallest absolute Gasteiger partial charge is 0.316 e. The number of para-hydroxylation sites is 1. The SMILES string of the molecule is COC(=O)CSc1nnc(NC(=O)C(C)N(c2ccc(Oc3ccccc3)cc2)S(C)(=O)=O)s1. The van der Waals surface area contributed by atoms with Crippen LogP contribution in [0.5, 0.6) is 11.5 Å². The number of rotatable bonds is 10. The fraction of sp³-hybridized carbons (Fsp3) is 0.238. The highest BCUT2D eigenvalue weighted by Gasteiger charge is 2.30. The topological polar surface area (TPSA) is 128 Å². The lowest BCUT2D eigenvalue weighted by Crippen LogP contribution is -2.45. The summed E-state index contributed by atoms with van der Waals surface area (Å²) in [6, 6.07) is 14.5. The number of benzene rings is 2. The zero-order valence-corrected chi connectivity index (χ0v) is 20.9. The molecule has 13 heteroatoms. The Morgan fingerprint density at radius 2 is 1.74 bits per heavy atom. The first-order valence-corrected chi connectivity index (χ1v) is 13.5. The van der Waals surface area contributed by atoms with Crippen LogP contribution >= 0.6 is 23.1 Å². The molecule has 0 fully saturated rings. The standard InChI is InChI=1S/C21H22N4O6S3/c1-14(19(27)22-20-23-24-21(33-20)32-13-18(26)30-2)25(34(3,28)29)15-9-11-17(12-10-15)31-16-7-5-4-6-8-16/h4-12,14H,13H2,1-3H3,(H,22,23,27). The third-order valence-corrected chi connectivity index (χ3v) is 7.52. The van der Waals surface area contributed by atoms with Gasteiger partial charge in [-0.15, -0.1) is 10.2 Å². The van der Waals surface area contributed by atoms with E-state index in [0.29, 0.717) is 21.5 Å². The minimum absolute atomic E-state index is 0.0569. The van der Waals surface area contributed by atoms with Crippen molar-refractivity contribution in [1.82, 2.24) is 10.2 Å². The van der Waals surface area contributed by atoms with Gasteiger partial charge in [-0.3, -0.25) is 19.2 Å². The molecule has 1 unspecified atom stereocenters. The van der Waals surface area contributed by atoms with Gasteiger partial charge in [0, 0.05) is 0 Å². The van der Waals surface area contributed by atoms with E-state index in [1.54, 1.807) is 36.4 Å². The Labute approximate surface area is 205 Å². The molecule has 1 heterocycles. The van der Waals surface area contributed by atoms with E-state index in [4.69, 9.17) is 4.74 Å². The molecule has 180 valence electrons. The number of nitrogens with zero attached hydrogens (tertiary/aromatic N) is 3. The molecule has 0 aliphatic rings. The minimum atomic E-state index is -3.80. The average molecular weight is 523 g/mol. The fourth-order valence-corrected chi connectivity index (χ4v) is 5.56. The van der Waals surface area contributed by atoms with Gasteiger partial charge in [0.1, 0.15) is 17.5 Å². The number of hydrogen-bond donors (Lipinski definition) is 1. The van der Waals surface area contributed by atoms with Crippen LogP contribution in [0, 0.1) is 0 Å². The average Bonchev–Trinajstić information content (AvgIpc) is 3.25. The van der Waals surface area contributed by atoms with Gasteiger partial charge in [0.05, 0.1) is 24.8 Å². The Morgan fingerprint density at radius 3 is 2.35 bits per heavy atom. The van der Waals surface area contributed by atoms with Crippen LogP contribution in [0.3, 0.4) is 0 Å². The Hall–Kier alpha value is -3.16. The van der Waals surface area contributed by atoms with Crippen molar-refractivity contribution in [2.45, 2.75) is 17.3 Å². The van der Waals surface area contributed by atoms with E-state index >= 15 is 0 Å². The highest BCUT2D eigenvalue weighted by molar-refractivity contribution is 8.01. The van der Waals surface area contributed by atoms with Crippen LogP contribution in [0.25, 0.3) is 0 Å². The summed E-state index contributed by atoms with van der Waals surface area (Å²) >= 11 is 2.19. The molecule has 0 aliphatic heterocycles. The number of anilines is 2. The summed E-state index contributed by atoms with van der Waals surface area (Å²) in [7, 11) is -2.51. The van der Waals surface area contributed by atoms with Crippen molar-refractivity contribution in [3.63, 3.8) is 0 Å². The van der Waals surface area contributed by atoms with Crippen LogP contribution in [0.1, 0.15) is 6.92 Å². The number of sulfonamides is 1. The predicted octanol–water partition coefficient (Wildman–Crippen LogP) is 3.39. The normalized spacial score (nSPS) is 12.0. The summed E-state index contributed by atoms with van der Waals surface area (Å²) in [6.45, 7) is 1.47. The van der Waals surface area contributed by atoms with E-state index in [9.17, 15) is 18.0 Å². The second-order valence-electron chi connectivity index (χ2n) is 6.87. The number of amides is 1. The molecule has 0 saturated heterocycles. The minimum Gasteiger partial charge on any atom is -0.468 e. The Morgan fingerprint density at radius 1 is 1.09 bits per heavy atom. The molecule has 1 N–H and O–H groups in total. The van der Waals surface area contributed by atoms with E-state index in [1.165, 1.54) is 14.0 Å². The number of aromatic nitrogens is 2. The molecule has 1 atom stereocenters. The van der Waals surface area contributed by atoms with E-state index < -0.39 is 27.9 Å². The summed E-state index contributed by atoms with van der Waals surface area (Å²) < 4.78 is 36.8. The fourth-order valence-electron chi connectivity index (χ4n) is 2.80. The number of nitrogens with one attached hydrogen (secondary N) is 1. The number of carbonyl (C=O) groups is 2. The second-order valence-corrected chi connectivity index (χ2v) is 10.9. The van der Waals surface area contributed by atoms with Gasteiger partial charge in [0.15, 0.2) is 4.34 Å². The van der Waals surface area contributed by atoms with Crippen molar-refractivity contribution in [2.24, 2.45) is 0 Å². The number of methoxy groups -OCH3 is 1. The molecule has 1 aromatic heterocycles. The molecule has 0 saturated carbocycles. The summed E-state index contributed by atoms with van der Waals surface area (Å²) in [6.07, 6.45) is 1.03. The predicted molar refractivity (Wildman–Crippen MR) is 131 cm³/mol. The molecule has 0 radical (unpaired) electrons. The lowest BCUT2D eigenvalue weighted by atomic mass is 10.2. The molecule has 3 rings (SSSR count). The lowest BCUT2D eigenvalue weighted by molar-refractivity contribution is -0.137. The third kappa shape index (κ3) is 6.92. The van der Waals surface area contributed by atoms with Crippen molar-refractivity contribution in [2.75, 3.05) is 28.7 Å². The first-order valence-electron chi connectivity index (χ1n) is 9.83. The van der Waals surface area contributed by atoms with Gasteiger partial charge in [-0.05, 0) is 43.3 Å². The van der Waals surface area contributed by atoms with Crippen LogP contribution in [0.2, 0.25) is 0 Å². The maximum absolute atomic E-state index is 12.8. The number of hydrogen-bond acceptors (Lipinski definition) is 10. The van der Waals surface area contributed by atoms with Crippen LogP contribution in [0.4, 0.5) is 10.8 Å². The van der Waals surface area contributed by atoms with Crippen LogP contribution in [0.15, 0.2) is 58.9 Å². The van der Waals surface area contributed by atoms with Gasteiger partial charge in [-0.1, -0.05) is 41.3 Å². The second kappa shape index (κ2) is 11.3. The zero-order chi connectivity index (χ0) is 24.7. The molecule has 0 spiro atoms. The molecular weight excluding hydrogens is 500 g/mol. The van der Waals surface area contributed by atoms with E-state index in [1.807, 2.05) is 18.2 Å².